The van der Waals surface area contributed by atoms with E-state index in [9.17, 15) is 22.8 Å². The van der Waals surface area contributed by atoms with Gasteiger partial charge < -0.3 is 4.57 Å². The second-order valence-corrected chi connectivity index (χ2v) is 10.1. The highest BCUT2D eigenvalue weighted by Gasteiger charge is 2.20. The highest BCUT2D eigenvalue weighted by atomic mass is 32.2. The Labute approximate surface area is 226 Å². The Hall–Kier alpha value is -4.11. The van der Waals surface area contributed by atoms with Crippen molar-refractivity contribution in [3.63, 3.8) is 0 Å². The minimum Gasteiger partial charge on any atom is -0.348 e. The molecule has 0 amide bonds. The summed E-state index contributed by atoms with van der Waals surface area (Å²) in [5.74, 6) is -2.18. The lowest BCUT2D eigenvalue weighted by molar-refractivity contribution is 0.102. The molecule has 39 heavy (non-hydrogen) atoms. The first-order valence-corrected chi connectivity index (χ1v) is 13.3. The largest absolute Gasteiger partial charge is 0.348 e. The molecule has 0 aliphatic carbocycles. The first kappa shape index (κ1) is 26.5. The SMILES string of the molecule is Cc1cc(C(=O)CSc2nc3ccccc3c(=O)n2-c2ccc(F)cc2F)c(C)n1CCc1ccc(F)cc1. The van der Waals surface area contributed by atoms with Crippen molar-refractivity contribution >= 4 is 28.4 Å². The number of carbonyl (C=O) groups excluding carboxylic acids is 1. The van der Waals surface area contributed by atoms with E-state index in [1.807, 2.05) is 24.5 Å². The lowest BCUT2D eigenvalue weighted by atomic mass is 10.1. The summed E-state index contributed by atoms with van der Waals surface area (Å²) in [6.45, 7) is 4.41. The summed E-state index contributed by atoms with van der Waals surface area (Å²) in [7, 11) is 0. The van der Waals surface area contributed by atoms with Gasteiger partial charge in [-0.05, 0) is 68.3 Å². The van der Waals surface area contributed by atoms with Gasteiger partial charge in [0.15, 0.2) is 10.9 Å². The third-order valence-electron chi connectivity index (χ3n) is 6.64. The standard InChI is InChI=1S/C30H24F3N3O2S/c1-18-15-24(19(2)35(18)14-13-20-7-9-21(31)10-8-20)28(37)17-39-30-34-26-6-4-3-5-23(26)29(38)36(30)27-12-11-22(32)16-25(27)33/h3-12,15-16H,13-14,17H2,1-2H3. The molecule has 0 radical (unpaired) electrons. The highest BCUT2D eigenvalue weighted by molar-refractivity contribution is 7.99. The molecule has 0 spiro atoms. The number of nitrogens with zero attached hydrogens (tertiary/aromatic N) is 3. The van der Waals surface area contributed by atoms with Crippen molar-refractivity contribution in [2.75, 3.05) is 5.75 Å². The predicted octanol–water partition coefficient (Wildman–Crippen LogP) is 6.44. The summed E-state index contributed by atoms with van der Waals surface area (Å²) in [6, 6.07) is 17.8. The maximum absolute atomic E-state index is 14.8. The molecule has 0 atom stereocenters. The van der Waals surface area contributed by atoms with Gasteiger partial charge in [0.1, 0.15) is 17.5 Å². The van der Waals surface area contributed by atoms with E-state index >= 15 is 0 Å². The van der Waals surface area contributed by atoms with Crippen LogP contribution in [0.1, 0.15) is 27.3 Å². The first-order valence-electron chi connectivity index (χ1n) is 12.3. The molecule has 5 nitrogen and oxygen atoms in total. The first-order chi connectivity index (χ1) is 18.7. The zero-order valence-electron chi connectivity index (χ0n) is 21.2. The Morgan fingerprint density at radius 1 is 0.923 bits per heavy atom. The van der Waals surface area contributed by atoms with Crippen molar-refractivity contribution in [1.29, 1.82) is 0 Å². The number of carbonyl (C=O) groups is 1. The highest BCUT2D eigenvalue weighted by Crippen LogP contribution is 2.25. The van der Waals surface area contributed by atoms with E-state index in [2.05, 4.69) is 4.98 Å². The lowest BCUT2D eigenvalue weighted by Crippen LogP contribution is -2.23. The number of para-hydroxylation sites is 1. The number of fused-ring (bicyclic) bond motifs is 1. The molecule has 2 heterocycles. The van der Waals surface area contributed by atoms with Gasteiger partial charge in [0.05, 0.1) is 22.3 Å². The van der Waals surface area contributed by atoms with E-state index in [1.165, 1.54) is 18.2 Å². The molecule has 0 aliphatic rings. The van der Waals surface area contributed by atoms with Crippen LogP contribution in [0.25, 0.3) is 16.6 Å². The molecule has 5 rings (SSSR count). The number of ketones is 1. The maximum atomic E-state index is 14.8. The number of hydrogen-bond donors (Lipinski definition) is 0. The molecule has 0 bridgehead atoms. The third kappa shape index (κ3) is 5.40. The maximum Gasteiger partial charge on any atom is 0.266 e. The Kier molecular flexibility index (Phi) is 7.43. The number of Topliss-reactive ketones (excluding diaryl/α,β-unsaturated/α-hetero) is 1. The normalized spacial score (nSPS) is 11.3. The second-order valence-electron chi connectivity index (χ2n) is 9.17. The van der Waals surface area contributed by atoms with Crippen LogP contribution in [-0.4, -0.2) is 25.7 Å². The zero-order chi connectivity index (χ0) is 27.7. The molecule has 9 heteroatoms. The molecule has 0 N–H and O–H groups in total. The van der Waals surface area contributed by atoms with Gasteiger partial charge in [-0.25, -0.2) is 18.2 Å². The summed E-state index contributed by atoms with van der Waals surface area (Å²) >= 11 is 1.02. The van der Waals surface area contributed by atoms with Gasteiger partial charge >= 0.3 is 0 Å². The van der Waals surface area contributed by atoms with Crippen LogP contribution in [0.4, 0.5) is 13.2 Å². The van der Waals surface area contributed by atoms with Gasteiger partial charge in [-0.3, -0.25) is 14.2 Å². The van der Waals surface area contributed by atoms with Gasteiger partial charge in [0.2, 0.25) is 0 Å². The molecule has 3 aromatic carbocycles. The lowest BCUT2D eigenvalue weighted by Gasteiger charge is -2.14. The molecule has 0 saturated carbocycles. The Morgan fingerprint density at radius 3 is 2.38 bits per heavy atom. The van der Waals surface area contributed by atoms with Crippen LogP contribution >= 0.6 is 11.8 Å². The summed E-state index contributed by atoms with van der Waals surface area (Å²) in [6.07, 6.45) is 0.676. The number of aromatic nitrogens is 3. The van der Waals surface area contributed by atoms with E-state index in [-0.39, 0.29) is 33.6 Å². The van der Waals surface area contributed by atoms with E-state index in [1.54, 1.807) is 36.4 Å². The average molecular weight is 548 g/mol. The van der Waals surface area contributed by atoms with E-state index in [0.717, 1.165) is 39.3 Å². The topological polar surface area (TPSA) is 56.9 Å². The van der Waals surface area contributed by atoms with Crippen LogP contribution in [0.3, 0.4) is 0 Å². The van der Waals surface area contributed by atoms with Crippen molar-refractivity contribution in [2.24, 2.45) is 0 Å². The summed E-state index contributed by atoms with van der Waals surface area (Å²) < 4.78 is 44.7. The summed E-state index contributed by atoms with van der Waals surface area (Å²) in [4.78, 5) is 31.2. The molecule has 0 unspecified atom stereocenters. The van der Waals surface area contributed by atoms with Gasteiger partial charge in [0.25, 0.3) is 5.56 Å². The van der Waals surface area contributed by atoms with Crippen molar-refractivity contribution in [3.8, 4) is 5.69 Å². The van der Waals surface area contributed by atoms with Crippen LogP contribution in [0.15, 0.2) is 82.7 Å². The fourth-order valence-corrected chi connectivity index (χ4v) is 5.50. The monoisotopic (exact) mass is 547 g/mol. The molecular formula is C30H24F3N3O2S. The Bertz CT molecular complexity index is 1760. The number of thioether (sulfide) groups is 1. The van der Waals surface area contributed by atoms with Crippen molar-refractivity contribution in [2.45, 2.75) is 32.0 Å². The van der Waals surface area contributed by atoms with Gasteiger partial charge in [-0.2, -0.15) is 0 Å². The fourth-order valence-electron chi connectivity index (χ4n) is 4.61. The minimum atomic E-state index is -0.910. The van der Waals surface area contributed by atoms with E-state index in [0.29, 0.717) is 30.1 Å². The smallest absolute Gasteiger partial charge is 0.266 e. The van der Waals surface area contributed by atoms with Crippen LogP contribution in [0, 0.1) is 31.3 Å². The molecule has 2 aromatic heterocycles. The molecule has 198 valence electrons. The number of rotatable bonds is 8. The number of benzene rings is 3. The Morgan fingerprint density at radius 2 is 1.64 bits per heavy atom. The van der Waals surface area contributed by atoms with Crippen molar-refractivity contribution in [1.82, 2.24) is 14.1 Å². The summed E-state index contributed by atoms with van der Waals surface area (Å²) in [5.41, 5.74) is 3.00. The van der Waals surface area contributed by atoms with Gasteiger partial charge in [-0.1, -0.05) is 36.0 Å². The number of aryl methyl sites for hydroxylation is 2. The van der Waals surface area contributed by atoms with E-state index < -0.39 is 17.2 Å². The Balaban J connectivity index is 1.42. The predicted molar refractivity (Wildman–Crippen MR) is 146 cm³/mol. The van der Waals surface area contributed by atoms with Crippen molar-refractivity contribution < 1.29 is 18.0 Å². The van der Waals surface area contributed by atoms with Gasteiger partial charge in [0, 0.05) is 29.6 Å². The minimum absolute atomic E-state index is 0.0458. The van der Waals surface area contributed by atoms with Crippen LogP contribution in [0.2, 0.25) is 0 Å². The van der Waals surface area contributed by atoms with Gasteiger partial charge in [-0.15, -0.1) is 0 Å². The van der Waals surface area contributed by atoms with E-state index in [4.69, 9.17) is 0 Å². The molecular weight excluding hydrogens is 523 g/mol. The molecule has 0 fully saturated rings. The number of hydrogen-bond acceptors (Lipinski definition) is 4. The molecule has 0 saturated heterocycles. The third-order valence-corrected chi connectivity index (χ3v) is 7.58. The average Bonchev–Trinajstić information content (AvgIpc) is 3.20. The van der Waals surface area contributed by atoms with Crippen LogP contribution in [0.5, 0.6) is 0 Å². The summed E-state index contributed by atoms with van der Waals surface area (Å²) in [5, 5.41) is 0.407. The van der Waals surface area contributed by atoms with Crippen LogP contribution in [-0.2, 0) is 13.0 Å². The van der Waals surface area contributed by atoms with Crippen LogP contribution < -0.4 is 5.56 Å². The molecule has 0 aliphatic heterocycles. The fraction of sp³-hybridized carbons (Fsp3) is 0.167. The number of halogens is 3. The van der Waals surface area contributed by atoms with Crippen molar-refractivity contribution in [3.05, 3.63) is 123 Å². The molecule has 5 aromatic rings. The zero-order valence-corrected chi connectivity index (χ0v) is 22.1. The second kappa shape index (κ2) is 10.9. The quantitative estimate of drug-likeness (QED) is 0.128.